The van der Waals surface area contributed by atoms with Crippen molar-refractivity contribution in [3.63, 3.8) is 0 Å². The highest BCUT2D eigenvalue weighted by molar-refractivity contribution is 4.86. The summed E-state index contributed by atoms with van der Waals surface area (Å²) in [6.45, 7) is 3.15. The van der Waals surface area contributed by atoms with Crippen molar-refractivity contribution in [1.82, 2.24) is 10.2 Å². The van der Waals surface area contributed by atoms with E-state index in [4.69, 9.17) is 0 Å². The van der Waals surface area contributed by atoms with Crippen molar-refractivity contribution >= 4 is 0 Å². The molecule has 0 aromatic carbocycles. The summed E-state index contributed by atoms with van der Waals surface area (Å²) in [5, 5.41) is 3.26. The number of nitrogens with zero attached hydrogens (tertiary/aromatic N) is 1. The lowest BCUT2D eigenvalue weighted by Crippen LogP contribution is -2.45. The first-order chi connectivity index (χ1) is 6.17. The molecule has 2 heterocycles. The summed E-state index contributed by atoms with van der Waals surface area (Å²) in [5.74, 6) is -2.40. The number of nitrogens with one attached hydrogen (secondary N) is 1. The molecule has 0 amide bonds. The predicted octanol–water partition coefficient (Wildman–Crippen LogP) is 1.08. The first-order valence-corrected chi connectivity index (χ1v) is 5.00. The molecule has 0 spiro atoms. The van der Waals surface area contributed by atoms with Gasteiger partial charge in [-0.2, -0.15) is 0 Å². The third-order valence-electron chi connectivity index (χ3n) is 3.08. The van der Waals surface area contributed by atoms with Crippen LogP contribution in [0.1, 0.15) is 19.3 Å². The van der Waals surface area contributed by atoms with Gasteiger partial charge in [0.25, 0.3) is 5.92 Å². The van der Waals surface area contributed by atoms with Crippen molar-refractivity contribution in [2.75, 3.05) is 26.2 Å². The van der Waals surface area contributed by atoms with E-state index in [0.717, 1.165) is 19.5 Å². The Morgan fingerprint density at radius 2 is 1.92 bits per heavy atom. The molecule has 0 bridgehead atoms. The lowest BCUT2D eigenvalue weighted by molar-refractivity contribution is -0.0615. The first kappa shape index (κ1) is 9.34. The van der Waals surface area contributed by atoms with Crippen molar-refractivity contribution in [3.05, 3.63) is 0 Å². The van der Waals surface area contributed by atoms with Crippen LogP contribution in [0.15, 0.2) is 0 Å². The quantitative estimate of drug-likeness (QED) is 0.665. The lowest BCUT2D eigenvalue weighted by atomic mass is 10.0. The molecule has 76 valence electrons. The van der Waals surface area contributed by atoms with Crippen LogP contribution in [0.3, 0.4) is 0 Å². The normalized spacial score (nSPS) is 35.1. The van der Waals surface area contributed by atoms with Gasteiger partial charge in [-0.15, -0.1) is 0 Å². The van der Waals surface area contributed by atoms with Gasteiger partial charge in [0.1, 0.15) is 0 Å². The fourth-order valence-electron chi connectivity index (χ4n) is 2.17. The molecule has 2 aliphatic rings. The van der Waals surface area contributed by atoms with Crippen molar-refractivity contribution in [1.29, 1.82) is 0 Å². The Hall–Kier alpha value is -0.220. The topological polar surface area (TPSA) is 15.3 Å². The average Bonchev–Trinajstić information content (AvgIpc) is 2.56. The molecule has 0 aromatic heterocycles. The van der Waals surface area contributed by atoms with Gasteiger partial charge in [-0.3, -0.25) is 4.90 Å². The van der Waals surface area contributed by atoms with Gasteiger partial charge >= 0.3 is 0 Å². The molecule has 2 fully saturated rings. The number of hydrogen-bond acceptors (Lipinski definition) is 2. The number of rotatable bonds is 1. The summed E-state index contributed by atoms with van der Waals surface area (Å²) in [6, 6.07) is 0.510. The summed E-state index contributed by atoms with van der Waals surface area (Å²) < 4.78 is 25.6. The van der Waals surface area contributed by atoms with Crippen LogP contribution >= 0.6 is 0 Å². The lowest BCUT2D eigenvalue weighted by Gasteiger charge is -2.35. The van der Waals surface area contributed by atoms with Gasteiger partial charge in [-0.05, 0) is 13.0 Å². The largest absolute Gasteiger partial charge is 0.315 e. The van der Waals surface area contributed by atoms with Gasteiger partial charge in [0.2, 0.25) is 0 Å². The van der Waals surface area contributed by atoms with Gasteiger partial charge in [0, 0.05) is 38.5 Å². The van der Waals surface area contributed by atoms with Crippen molar-refractivity contribution in [2.24, 2.45) is 0 Å². The first-order valence-electron chi connectivity index (χ1n) is 5.00. The Morgan fingerprint density at radius 3 is 2.46 bits per heavy atom. The number of halogens is 2. The van der Waals surface area contributed by atoms with Crippen molar-refractivity contribution in [2.45, 2.75) is 31.2 Å². The van der Waals surface area contributed by atoms with E-state index >= 15 is 0 Å². The minimum Gasteiger partial charge on any atom is -0.315 e. The summed E-state index contributed by atoms with van der Waals surface area (Å²) in [6.07, 6.45) is 1.21. The van der Waals surface area contributed by atoms with Crippen LogP contribution in [0.25, 0.3) is 0 Å². The fourth-order valence-corrected chi connectivity index (χ4v) is 2.17. The standard InChI is InChI=1S/C9H16F2N2/c10-9(11)2-5-13(6-3-9)8-1-4-12-7-8/h8,12H,1-7H2/t8-/m0/s1. The summed E-state index contributed by atoms with van der Waals surface area (Å²) in [4.78, 5) is 2.21. The van der Waals surface area contributed by atoms with Gasteiger partial charge in [-0.1, -0.05) is 0 Å². The number of likely N-dealkylation sites (tertiary alicyclic amines) is 1. The zero-order chi connectivity index (χ0) is 9.31. The Morgan fingerprint density at radius 1 is 1.23 bits per heavy atom. The Balaban J connectivity index is 1.83. The number of alkyl halides is 2. The molecule has 1 atom stereocenters. The summed E-state index contributed by atoms with van der Waals surface area (Å²) in [7, 11) is 0. The monoisotopic (exact) mass is 190 g/mol. The van der Waals surface area contributed by atoms with Crippen molar-refractivity contribution < 1.29 is 8.78 Å². The van der Waals surface area contributed by atoms with E-state index in [-0.39, 0.29) is 12.8 Å². The highest BCUT2D eigenvalue weighted by Gasteiger charge is 2.36. The van der Waals surface area contributed by atoms with E-state index < -0.39 is 5.92 Å². The average molecular weight is 190 g/mol. The van der Waals surface area contributed by atoms with E-state index in [1.807, 2.05) is 0 Å². The molecule has 2 rings (SSSR count). The molecular formula is C9H16F2N2. The van der Waals surface area contributed by atoms with Crippen LogP contribution in [-0.2, 0) is 0 Å². The summed E-state index contributed by atoms with van der Waals surface area (Å²) in [5.41, 5.74) is 0. The maximum Gasteiger partial charge on any atom is 0.250 e. The molecule has 4 heteroatoms. The minimum absolute atomic E-state index is 0.0451. The van der Waals surface area contributed by atoms with E-state index in [0.29, 0.717) is 19.1 Å². The molecule has 0 aliphatic carbocycles. The molecule has 0 radical (unpaired) electrons. The molecule has 0 aromatic rings. The number of hydrogen-bond donors (Lipinski definition) is 1. The molecule has 2 aliphatic heterocycles. The molecule has 0 unspecified atom stereocenters. The zero-order valence-electron chi connectivity index (χ0n) is 7.73. The maximum absolute atomic E-state index is 12.8. The second kappa shape index (κ2) is 3.50. The Bertz CT molecular complexity index is 168. The molecule has 2 saturated heterocycles. The third-order valence-corrected chi connectivity index (χ3v) is 3.08. The summed E-state index contributed by atoms with van der Waals surface area (Å²) >= 11 is 0. The van der Waals surface area contributed by atoms with Gasteiger partial charge in [0.15, 0.2) is 0 Å². The van der Waals surface area contributed by atoms with Gasteiger partial charge < -0.3 is 5.32 Å². The van der Waals surface area contributed by atoms with Crippen LogP contribution in [0, 0.1) is 0 Å². The smallest absolute Gasteiger partial charge is 0.250 e. The third kappa shape index (κ3) is 2.17. The molecule has 2 nitrogen and oxygen atoms in total. The number of piperidine rings is 1. The van der Waals surface area contributed by atoms with Crippen LogP contribution in [0.5, 0.6) is 0 Å². The molecular weight excluding hydrogens is 174 g/mol. The van der Waals surface area contributed by atoms with E-state index in [1.165, 1.54) is 0 Å². The van der Waals surface area contributed by atoms with Crippen LogP contribution in [-0.4, -0.2) is 43.0 Å². The minimum atomic E-state index is -2.40. The van der Waals surface area contributed by atoms with Crippen molar-refractivity contribution in [3.8, 4) is 0 Å². The Labute approximate surface area is 77.3 Å². The van der Waals surface area contributed by atoms with Crippen LogP contribution in [0.4, 0.5) is 8.78 Å². The van der Waals surface area contributed by atoms with Gasteiger partial charge in [-0.25, -0.2) is 8.78 Å². The molecule has 1 N–H and O–H groups in total. The predicted molar refractivity (Wildman–Crippen MR) is 47.0 cm³/mol. The van der Waals surface area contributed by atoms with Crippen LogP contribution in [0.2, 0.25) is 0 Å². The van der Waals surface area contributed by atoms with E-state index in [1.54, 1.807) is 0 Å². The van der Waals surface area contributed by atoms with Crippen LogP contribution < -0.4 is 5.32 Å². The second-order valence-electron chi connectivity index (χ2n) is 4.04. The second-order valence-corrected chi connectivity index (χ2v) is 4.04. The van der Waals surface area contributed by atoms with Gasteiger partial charge in [0.05, 0.1) is 0 Å². The SMILES string of the molecule is FC1(F)CCN([C@H]2CCNC2)CC1. The maximum atomic E-state index is 12.8. The van der Waals surface area contributed by atoms with E-state index in [2.05, 4.69) is 10.2 Å². The molecule has 0 saturated carbocycles. The highest BCUT2D eigenvalue weighted by Crippen LogP contribution is 2.29. The Kier molecular flexibility index (Phi) is 2.51. The van der Waals surface area contributed by atoms with E-state index in [9.17, 15) is 8.78 Å². The highest BCUT2D eigenvalue weighted by atomic mass is 19.3. The zero-order valence-corrected chi connectivity index (χ0v) is 7.73. The molecule has 13 heavy (non-hydrogen) atoms. The fraction of sp³-hybridized carbons (Fsp3) is 1.00.